The molecule has 0 aliphatic carbocycles. The van der Waals surface area contributed by atoms with Gasteiger partial charge in [0.1, 0.15) is 0 Å². The first-order chi connectivity index (χ1) is 12.2. The Labute approximate surface area is 144 Å². The van der Waals surface area contributed by atoms with Crippen LogP contribution in [-0.2, 0) is 6.42 Å². The zero-order valence-corrected chi connectivity index (χ0v) is 13.3. The molecule has 4 rings (SSSR count). The van der Waals surface area contributed by atoms with Gasteiger partial charge in [-0.25, -0.2) is 9.97 Å². The molecule has 0 spiro atoms. The highest BCUT2D eigenvalue weighted by atomic mass is 15.3. The third kappa shape index (κ3) is 2.91. The molecule has 0 amide bonds. The summed E-state index contributed by atoms with van der Waals surface area (Å²) < 4.78 is 1.54. The van der Waals surface area contributed by atoms with E-state index in [2.05, 4.69) is 21.1 Å². The maximum absolute atomic E-state index is 9.06. The molecule has 120 valence electrons. The molecule has 2 heterocycles. The van der Waals surface area contributed by atoms with Crippen molar-refractivity contribution in [3.8, 4) is 17.3 Å². The standard InChI is InChI=1S/C19H14N6/c20-12-14-7-4-8-15(9-14)16-11-18-23-17(24-25(18)19(21)22-16)10-13-5-2-1-3-6-13/h1-9,11H,10H2,(H2,21,22). The SMILES string of the molecule is N#Cc1cccc(-c2cc3nc(Cc4ccccc4)nn3c(N)n2)c1. The normalized spacial score (nSPS) is 10.7. The fourth-order valence-corrected chi connectivity index (χ4v) is 2.71. The molecule has 0 bridgehead atoms. The van der Waals surface area contributed by atoms with Gasteiger partial charge in [0, 0.05) is 18.1 Å². The van der Waals surface area contributed by atoms with Crippen LogP contribution in [0.1, 0.15) is 17.0 Å². The zero-order chi connectivity index (χ0) is 17.2. The summed E-state index contributed by atoms with van der Waals surface area (Å²) in [4.78, 5) is 8.96. The number of rotatable bonds is 3. The van der Waals surface area contributed by atoms with Crippen LogP contribution in [0.25, 0.3) is 16.9 Å². The van der Waals surface area contributed by atoms with E-state index in [4.69, 9.17) is 11.0 Å². The van der Waals surface area contributed by atoms with E-state index in [1.165, 1.54) is 4.52 Å². The van der Waals surface area contributed by atoms with Crippen molar-refractivity contribution in [3.05, 3.63) is 77.6 Å². The van der Waals surface area contributed by atoms with Crippen LogP contribution in [-0.4, -0.2) is 19.6 Å². The lowest BCUT2D eigenvalue weighted by atomic mass is 10.1. The van der Waals surface area contributed by atoms with E-state index >= 15 is 0 Å². The van der Waals surface area contributed by atoms with Crippen molar-refractivity contribution in [1.29, 1.82) is 5.26 Å². The second kappa shape index (κ2) is 6.06. The molecule has 6 heteroatoms. The lowest BCUT2D eigenvalue weighted by Gasteiger charge is -2.03. The van der Waals surface area contributed by atoms with E-state index < -0.39 is 0 Å². The van der Waals surface area contributed by atoms with Crippen LogP contribution in [0.3, 0.4) is 0 Å². The fraction of sp³-hybridized carbons (Fsp3) is 0.0526. The number of fused-ring (bicyclic) bond motifs is 1. The second-order valence-corrected chi connectivity index (χ2v) is 5.65. The van der Waals surface area contributed by atoms with E-state index in [-0.39, 0.29) is 5.95 Å². The van der Waals surface area contributed by atoms with E-state index in [9.17, 15) is 0 Å². The Kier molecular flexibility index (Phi) is 3.60. The lowest BCUT2D eigenvalue weighted by Crippen LogP contribution is -2.03. The van der Waals surface area contributed by atoms with Gasteiger partial charge in [0.15, 0.2) is 11.5 Å². The average Bonchev–Trinajstić information content (AvgIpc) is 3.05. The zero-order valence-electron chi connectivity index (χ0n) is 13.3. The number of hydrogen-bond acceptors (Lipinski definition) is 5. The van der Waals surface area contributed by atoms with Gasteiger partial charge in [-0.3, -0.25) is 0 Å². The Morgan fingerprint density at radius 3 is 2.64 bits per heavy atom. The van der Waals surface area contributed by atoms with E-state index in [1.54, 1.807) is 12.1 Å². The number of nitrogen functional groups attached to an aromatic ring is 1. The minimum atomic E-state index is 0.265. The summed E-state index contributed by atoms with van der Waals surface area (Å²) in [7, 11) is 0. The molecular formula is C19H14N6. The predicted octanol–water partition coefficient (Wildman–Crippen LogP) is 2.84. The molecule has 2 aromatic carbocycles. The summed E-state index contributed by atoms with van der Waals surface area (Å²) in [5.74, 6) is 0.948. The molecule has 0 saturated carbocycles. The first kappa shape index (κ1) is 14.8. The third-order valence-electron chi connectivity index (χ3n) is 3.89. The fourth-order valence-electron chi connectivity index (χ4n) is 2.71. The molecule has 0 unspecified atom stereocenters. The van der Waals surface area contributed by atoms with Crippen LogP contribution in [0.15, 0.2) is 60.7 Å². The number of nitrogens with two attached hydrogens (primary N) is 1. The van der Waals surface area contributed by atoms with Crippen molar-refractivity contribution < 1.29 is 0 Å². The molecular weight excluding hydrogens is 312 g/mol. The Morgan fingerprint density at radius 2 is 1.84 bits per heavy atom. The molecule has 6 nitrogen and oxygen atoms in total. The Bertz CT molecular complexity index is 1090. The Morgan fingerprint density at radius 1 is 1.00 bits per heavy atom. The van der Waals surface area contributed by atoms with Crippen molar-refractivity contribution >= 4 is 11.6 Å². The number of anilines is 1. The molecule has 2 N–H and O–H groups in total. The minimum absolute atomic E-state index is 0.265. The topological polar surface area (TPSA) is 92.9 Å². The summed E-state index contributed by atoms with van der Waals surface area (Å²) >= 11 is 0. The van der Waals surface area contributed by atoms with Gasteiger partial charge < -0.3 is 5.73 Å². The summed E-state index contributed by atoms with van der Waals surface area (Å²) in [5.41, 5.74) is 9.88. The molecule has 4 aromatic rings. The average molecular weight is 326 g/mol. The molecule has 0 radical (unpaired) electrons. The van der Waals surface area contributed by atoms with Crippen molar-refractivity contribution in [1.82, 2.24) is 19.6 Å². The summed E-state index contributed by atoms with van der Waals surface area (Å²) in [6.07, 6.45) is 0.626. The van der Waals surface area contributed by atoms with Crippen LogP contribution in [0.4, 0.5) is 5.95 Å². The molecule has 0 aliphatic rings. The smallest absolute Gasteiger partial charge is 0.223 e. The first-order valence-electron chi connectivity index (χ1n) is 7.79. The second-order valence-electron chi connectivity index (χ2n) is 5.65. The van der Waals surface area contributed by atoms with Gasteiger partial charge in [0.05, 0.1) is 17.3 Å². The third-order valence-corrected chi connectivity index (χ3v) is 3.89. The summed E-state index contributed by atoms with van der Waals surface area (Å²) in [5, 5.41) is 13.5. The molecule has 25 heavy (non-hydrogen) atoms. The van der Waals surface area contributed by atoms with Crippen LogP contribution in [0.5, 0.6) is 0 Å². The summed E-state index contributed by atoms with van der Waals surface area (Å²) in [6.45, 7) is 0. The minimum Gasteiger partial charge on any atom is -0.368 e. The number of nitrogens with zero attached hydrogens (tertiary/aromatic N) is 5. The highest BCUT2D eigenvalue weighted by Gasteiger charge is 2.11. The molecule has 0 saturated heterocycles. The van der Waals surface area contributed by atoms with Crippen molar-refractivity contribution in [2.45, 2.75) is 6.42 Å². The van der Waals surface area contributed by atoms with Crippen LogP contribution >= 0.6 is 0 Å². The number of nitriles is 1. The van der Waals surface area contributed by atoms with Gasteiger partial charge in [-0.15, -0.1) is 5.10 Å². The maximum atomic E-state index is 9.06. The number of benzene rings is 2. The number of hydrogen-bond donors (Lipinski definition) is 1. The van der Waals surface area contributed by atoms with Crippen molar-refractivity contribution in [3.63, 3.8) is 0 Å². The molecule has 0 aliphatic heterocycles. The van der Waals surface area contributed by atoms with Gasteiger partial charge >= 0.3 is 0 Å². The predicted molar refractivity (Wildman–Crippen MR) is 94.6 cm³/mol. The molecule has 2 aromatic heterocycles. The highest BCUT2D eigenvalue weighted by molar-refractivity contribution is 5.66. The van der Waals surface area contributed by atoms with Crippen LogP contribution in [0, 0.1) is 11.3 Å². The van der Waals surface area contributed by atoms with Gasteiger partial charge in [-0.1, -0.05) is 42.5 Å². The van der Waals surface area contributed by atoms with Gasteiger partial charge in [-0.05, 0) is 17.7 Å². The maximum Gasteiger partial charge on any atom is 0.223 e. The van der Waals surface area contributed by atoms with Crippen molar-refractivity contribution in [2.75, 3.05) is 5.73 Å². The number of aromatic nitrogens is 4. The Balaban J connectivity index is 1.75. The quantitative estimate of drug-likeness (QED) is 0.625. The largest absolute Gasteiger partial charge is 0.368 e. The highest BCUT2D eigenvalue weighted by Crippen LogP contribution is 2.21. The summed E-state index contributed by atoms with van der Waals surface area (Å²) in [6, 6.07) is 21.2. The van der Waals surface area contributed by atoms with Crippen LogP contribution in [0.2, 0.25) is 0 Å². The first-order valence-corrected chi connectivity index (χ1v) is 7.79. The monoisotopic (exact) mass is 326 g/mol. The lowest BCUT2D eigenvalue weighted by molar-refractivity contribution is 0.891. The van der Waals surface area contributed by atoms with Gasteiger partial charge in [0.2, 0.25) is 5.95 Å². The van der Waals surface area contributed by atoms with Gasteiger partial charge in [-0.2, -0.15) is 9.78 Å². The van der Waals surface area contributed by atoms with Crippen LogP contribution < -0.4 is 5.73 Å². The van der Waals surface area contributed by atoms with Crippen molar-refractivity contribution in [2.24, 2.45) is 0 Å². The van der Waals surface area contributed by atoms with E-state index in [0.29, 0.717) is 29.1 Å². The molecule has 0 atom stereocenters. The van der Waals surface area contributed by atoms with Gasteiger partial charge in [0.25, 0.3) is 0 Å². The van der Waals surface area contributed by atoms with E-state index in [0.717, 1.165) is 11.1 Å². The molecule has 0 fully saturated rings. The van der Waals surface area contributed by atoms with E-state index in [1.807, 2.05) is 48.5 Å². The Hall–Kier alpha value is -3.72.